The minimum atomic E-state index is -1.46. The van der Waals surface area contributed by atoms with Gasteiger partial charge in [-0.1, -0.05) is 18.2 Å². The number of fused-ring (bicyclic) bond motifs is 1. The zero-order chi connectivity index (χ0) is 20.1. The standard InChI is InChI=1S/C21H22N2O5/c1-3-27-16-10-8-15(9-11-16)23-20(25)19(24)22-13-21(2,26)18-12-14-6-4-5-7-17(14)28-18/h4-12,26H,3,13H2,1-2H3,(H,22,24)(H,23,25). The van der Waals surface area contributed by atoms with Gasteiger partial charge < -0.3 is 24.9 Å². The first kappa shape index (κ1) is 19.4. The van der Waals surface area contributed by atoms with Crippen LogP contribution in [-0.2, 0) is 15.2 Å². The molecular formula is C21H22N2O5. The number of amides is 2. The fourth-order valence-electron chi connectivity index (χ4n) is 2.66. The maximum Gasteiger partial charge on any atom is 0.313 e. The van der Waals surface area contributed by atoms with Gasteiger partial charge in [0, 0.05) is 11.1 Å². The van der Waals surface area contributed by atoms with E-state index < -0.39 is 17.4 Å². The van der Waals surface area contributed by atoms with Crippen LogP contribution < -0.4 is 15.4 Å². The number of hydrogen-bond donors (Lipinski definition) is 3. The van der Waals surface area contributed by atoms with Gasteiger partial charge in [-0.2, -0.15) is 0 Å². The van der Waals surface area contributed by atoms with Crippen molar-refractivity contribution in [3.05, 3.63) is 60.4 Å². The van der Waals surface area contributed by atoms with Crippen molar-refractivity contribution in [2.24, 2.45) is 0 Å². The Balaban J connectivity index is 1.58. The van der Waals surface area contributed by atoms with E-state index in [-0.39, 0.29) is 6.54 Å². The highest BCUT2D eigenvalue weighted by atomic mass is 16.5. The number of ether oxygens (including phenoxy) is 1. The van der Waals surface area contributed by atoms with Crippen molar-refractivity contribution in [1.29, 1.82) is 0 Å². The van der Waals surface area contributed by atoms with E-state index in [4.69, 9.17) is 9.15 Å². The van der Waals surface area contributed by atoms with E-state index in [1.165, 1.54) is 6.92 Å². The summed E-state index contributed by atoms with van der Waals surface area (Å²) in [5.41, 5.74) is -0.362. The van der Waals surface area contributed by atoms with Gasteiger partial charge in [0.25, 0.3) is 0 Å². The maximum atomic E-state index is 12.1. The maximum absolute atomic E-state index is 12.1. The summed E-state index contributed by atoms with van der Waals surface area (Å²) in [6.45, 7) is 3.75. The first-order valence-corrected chi connectivity index (χ1v) is 8.92. The van der Waals surface area contributed by atoms with E-state index in [9.17, 15) is 14.7 Å². The molecule has 1 heterocycles. The summed E-state index contributed by atoms with van der Waals surface area (Å²) in [5.74, 6) is -0.706. The van der Waals surface area contributed by atoms with Crippen LogP contribution in [0.5, 0.6) is 5.75 Å². The monoisotopic (exact) mass is 382 g/mol. The molecular weight excluding hydrogens is 360 g/mol. The lowest BCUT2D eigenvalue weighted by Crippen LogP contribution is -2.43. The second-order valence-corrected chi connectivity index (χ2v) is 6.52. The predicted octanol–water partition coefficient (Wildman–Crippen LogP) is 2.79. The molecule has 0 aliphatic heterocycles. The minimum absolute atomic E-state index is 0.178. The number of carbonyl (C=O) groups excluding carboxylic acids is 2. The van der Waals surface area contributed by atoms with Crippen LogP contribution in [-0.4, -0.2) is 30.1 Å². The molecule has 1 unspecified atom stereocenters. The van der Waals surface area contributed by atoms with Crippen LogP contribution in [0.2, 0.25) is 0 Å². The van der Waals surface area contributed by atoms with Crippen LogP contribution in [0.1, 0.15) is 19.6 Å². The lowest BCUT2D eigenvalue weighted by Gasteiger charge is -2.20. The normalized spacial score (nSPS) is 13.0. The Bertz CT molecular complexity index is 943. The quantitative estimate of drug-likeness (QED) is 0.569. The van der Waals surface area contributed by atoms with Crippen molar-refractivity contribution in [3.63, 3.8) is 0 Å². The van der Waals surface area contributed by atoms with Crippen LogP contribution in [0.3, 0.4) is 0 Å². The molecule has 2 amide bonds. The lowest BCUT2D eigenvalue weighted by molar-refractivity contribution is -0.136. The molecule has 0 aliphatic rings. The van der Waals surface area contributed by atoms with Crippen LogP contribution in [0, 0.1) is 0 Å². The van der Waals surface area contributed by atoms with Crippen LogP contribution >= 0.6 is 0 Å². The van der Waals surface area contributed by atoms with Crippen molar-refractivity contribution >= 4 is 28.5 Å². The average molecular weight is 382 g/mol. The Kier molecular flexibility index (Phi) is 5.65. The molecule has 7 nitrogen and oxygen atoms in total. The Morgan fingerprint density at radius 3 is 2.50 bits per heavy atom. The SMILES string of the molecule is CCOc1ccc(NC(=O)C(=O)NCC(C)(O)c2cc3ccccc3o2)cc1. The molecule has 0 bridgehead atoms. The smallest absolute Gasteiger partial charge is 0.313 e. The Morgan fingerprint density at radius 1 is 1.11 bits per heavy atom. The molecule has 0 saturated carbocycles. The highest BCUT2D eigenvalue weighted by Crippen LogP contribution is 2.27. The zero-order valence-electron chi connectivity index (χ0n) is 15.7. The number of aliphatic hydroxyl groups is 1. The molecule has 0 fully saturated rings. The van der Waals surface area contributed by atoms with E-state index in [0.717, 1.165) is 5.39 Å². The first-order valence-electron chi connectivity index (χ1n) is 8.92. The molecule has 3 aromatic rings. The molecule has 7 heteroatoms. The van der Waals surface area contributed by atoms with Crippen LogP contribution in [0.15, 0.2) is 59.0 Å². The third kappa shape index (κ3) is 4.50. The van der Waals surface area contributed by atoms with Gasteiger partial charge in [0.2, 0.25) is 0 Å². The molecule has 3 N–H and O–H groups in total. The molecule has 0 spiro atoms. The topological polar surface area (TPSA) is 101 Å². The van der Waals surface area contributed by atoms with Gasteiger partial charge in [0.05, 0.1) is 13.2 Å². The predicted molar refractivity (Wildman–Crippen MR) is 105 cm³/mol. The van der Waals surface area contributed by atoms with E-state index in [1.54, 1.807) is 36.4 Å². The molecule has 0 saturated heterocycles. The second-order valence-electron chi connectivity index (χ2n) is 6.52. The third-order valence-electron chi connectivity index (χ3n) is 4.18. The molecule has 0 aliphatic carbocycles. The summed E-state index contributed by atoms with van der Waals surface area (Å²) in [6, 6.07) is 15.7. The highest BCUT2D eigenvalue weighted by Gasteiger charge is 2.29. The molecule has 1 aromatic heterocycles. The van der Waals surface area contributed by atoms with Gasteiger partial charge in [-0.3, -0.25) is 9.59 Å². The van der Waals surface area contributed by atoms with Crippen molar-refractivity contribution < 1.29 is 23.8 Å². The minimum Gasteiger partial charge on any atom is -0.494 e. The number of para-hydroxylation sites is 1. The van der Waals surface area contributed by atoms with Gasteiger partial charge in [0.1, 0.15) is 22.7 Å². The number of furan rings is 1. The Morgan fingerprint density at radius 2 is 1.82 bits per heavy atom. The molecule has 0 radical (unpaired) electrons. The van der Waals surface area contributed by atoms with Gasteiger partial charge in [-0.25, -0.2) is 0 Å². The second kappa shape index (κ2) is 8.14. The fraction of sp³-hybridized carbons (Fsp3) is 0.238. The lowest BCUT2D eigenvalue weighted by atomic mass is 10.0. The van der Waals surface area contributed by atoms with E-state index >= 15 is 0 Å². The number of rotatable bonds is 6. The summed E-state index contributed by atoms with van der Waals surface area (Å²) >= 11 is 0. The summed E-state index contributed by atoms with van der Waals surface area (Å²) in [7, 11) is 0. The summed E-state index contributed by atoms with van der Waals surface area (Å²) in [4.78, 5) is 24.1. The van der Waals surface area contributed by atoms with Gasteiger partial charge in [-0.05, 0) is 50.2 Å². The van der Waals surface area contributed by atoms with Crippen molar-refractivity contribution in [1.82, 2.24) is 5.32 Å². The van der Waals surface area contributed by atoms with Gasteiger partial charge in [0.15, 0.2) is 0 Å². The van der Waals surface area contributed by atoms with Crippen LogP contribution in [0.25, 0.3) is 11.0 Å². The molecule has 2 aromatic carbocycles. The van der Waals surface area contributed by atoms with Crippen molar-refractivity contribution in [2.75, 3.05) is 18.5 Å². The first-order chi connectivity index (χ1) is 13.4. The molecule has 28 heavy (non-hydrogen) atoms. The van der Waals surface area contributed by atoms with Crippen molar-refractivity contribution in [3.8, 4) is 5.75 Å². The Hall–Kier alpha value is -3.32. The molecule has 3 rings (SSSR count). The largest absolute Gasteiger partial charge is 0.494 e. The summed E-state index contributed by atoms with van der Waals surface area (Å²) in [6.07, 6.45) is 0. The van der Waals surface area contributed by atoms with Crippen molar-refractivity contribution in [2.45, 2.75) is 19.4 Å². The van der Waals surface area contributed by atoms with Gasteiger partial charge in [-0.15, -0.1) is 0 Å². The highest BCUT2D eigenvalue weighted by molar-refractivity contribution is 6.39. The number of benzene rings is 2. The zero-order valence-corrected chi connectivity index (χ0v) is 15.7. The van der Waals surface area contributed by atoms with E-state index in [1.807, 2.05) is 25.1 Å². The van der Waals surface area contributed by atoms with Gasteiger partial charge >= 0.3 is 11.8 Å². The average Bonchev–Trinajstić information content (AvgIpc) is 3.13. The van der Waals surface area contributed by atoms with E-state index in [0.29, 0.717) is 29.4 Å². The number of hydrogen-bond acceptors (Lipinski definition) is 5. The summed E-state index contributed by atoms with van der Waals surface area (Å²) < 4.78 is 11.0. The summed E-state index contributed by atoms with van der Waals surface area (Å²) in [5, 5.41) is 16.4. The number of anilines is 1. The Labute approximate surface area is 162 Å². The molecule has 1 atom stereocenters. The third-order valence-corrected chi connectivity index (χ3v) is 4.18. The fourth-order valence-corrected chi connectivity index (χ4v) is 2.66. The van der Waals surface area contributed by atoms with Crippen LogP contribution in [0.4, 0.5) is 5.69 Å². The number of nitrogens with one attached hydrogen (secondary N) is 2. The van der Waals surface area contributed by atoms with E-state index in [2.05, 4.69) is 10.6 Å². The molecule has 146 valence electrons. The number of carbonyl (C=O) groups is 2.